The second-order valence-electron chi connectivity index (χ2n) is 7.11. The Kier molecular flexibility index (Phi) is 6.17. The SMILES string of the molecule is CCCOc1ccc(C(=O)ON2C(=O)c3ccccc3C2=O)c(OCc2ccccc2)c1. The van der Waals surface area contributed by atoms with Crippen molar-refractivity contribution < 1.29 is 28.7 Å². The van der Waals surface area contributed by atoms with Gasteiger partial charge in [0, 0.05) is 6.07 Å². The quantitative estimate of drug-likeness (QED) is 0.491. The number of rotatable bonds is 8. The van der Waals surface area contributed by atoms with Gasteiger partial charge in [0.05, 0.1) is 17.7 Å². The largest absolute Gasteiger partial charge is 0.493 e. The van der Waals surface area contributed by atoms with Gasteiger partial charge in [-0.15, -0.1) is 0 Å². The molecule has 0 aliphatic carbocycles. The van der Waals surface area contributed by atoms with E-state index in [2.05, 4.69) is 0 Å². The lowest BCUT2D eigenvalue weighted by Crippen LogP contribution is -2.32. The predicted molar refractivity (Wildman–Crippen MR) is 115 cm³/mol. The molecule has 162 valence electrons. The van der Waals surface area contributed by atoms with Crippen LogP contribution in [0.4, 0.5) is 0 Å². The number of carbonyl (C=O) groups is 3. The lowest BCUT2D eigenvalue weighted by molar-refractivity contribution is -0.0586. The van der Waals surface area contributed by atoms with Crippen molar-refractivity contribution >= 4 is 17.8 Å². The van der Waals surface area contributed by atoms with Crippen LogP contribution in [-0.2, 0) is 11.4 Å². The Balaban J connectivity index is 1.56. The zero-order chi connectivity index (χ0) is 22.5. The van der Waals surface area contributed by atoms with Crippen molar-refractivity contribution in [2.75, 3.05) is 6.61 Å². The first-order chi connectivity index (χ1) is 15.6. The number of hydrogen-bond acceptors (Lipinski definition) is 6. The number of nitrogens with zero attached hydrogens (tertiary/aromatic N) is 1. The average Bonchev–Trinajstić information content (AvgIpc) is 3.07. The highest BCUT2D eigenvalue weighted by atomic mass is 16.7. The molecule has 0 saturated carbocycles. The number of ether oxygens (including phenoxy) is 2. The van der Waals surface area contributed by atoms with Gasteiger partial charge in [-0.05, 0) is 36.2 Å². The molecule has 0 spiro atoms. The van der Waals surface area contributed by atoms with Gasteiger partial charge in [0.1, 0.15) is 23.7 Å². The van der Waals surface area contributed by atoms with Gasteiger partial charge < -0.3 is 14.3 Å². The monoisotopic (exact) mass is 431 g/mol. The van der Waals surface area contributed by atoms with Crippen LogP contribution in [0, 0.1) is 0 Å². The van der Waals surface area contributed by atoms with Gasteiger partial charge in [0.15, 0.2) is 0 Å². The number of imide groups is 1. The number of fused-ring (bicyclic) bond motifs is 1. The molecule has 0 N–H and O–H groups in total. The zero-order valence-corrected chi connectivity index (χ0v) is 17.4. The van der Waals surface area contributed by atoms with Crippen molar-refractivity contribution in [3.05, 3.63) is 95.1 Å². The van der Waals surface area contributed by atoms with Crippen molar-refractivity contribution in [3.8, 4) is 11.5 Å². The molecular weight excluding hydrogens is 410 g/mol. The summed E-state index contributed by atoms with van der Waals surface area (Å²) in [7, 11) is 0. The van der Waals surface area contributed by atoms with Crippen LogP contribution in [0.5, 0.6) is 11.5 Å². The van der Waals surface area contributed by atoms with Gasteiger partial charge in [0.2, 0.25) is 0 Å². The van der Waals surface area contributed by atoms with Crippen molar-refractivity contribution in [2.45, 2.75) is 20.0 Å². The van der Waals surface area contributed by atoms with Gasteiger partial charge in [-0.2, -0.15) is 0 Å². The van der Waals surface area contributed by atoms with Crippen LogP contribution >= 0.6 is 0 Å². The number of benzene rings is 3. The van der Waals surface area contributed by atoms with E-state index in [0.29, 0.717) is 17.4 Å². The minimum Gasteiger partial charge on any atom is -0.493 e. The van der Waals surface area contributed by atoms with Crippen LogP contribution in [0.1, 0.15) is 50.0 Å². The summed E-state index contributed by atoms with van der Waals surface area (Å²) in [6.45, 7) is 2.71. The van der Waals surface area contributed by atoms with Crippen molar-refractivity contribution in [1.82, 2.24) is 5.06 Å². The van der Waals surface area contributed by atoms with E-state index in [1.54, 1.807) is 24.3 Å². The van der Waals surface area contributed by atoms with Crippen molar-refractivity contribution in [1.29, 1.82) is 0 Å². The highest BCUT2D eigenvalue weighted by Gasteiger charge is 2.39. The van der Waals surface area contributed by atoms with Crippen LogP contribution in [0.25, 0.3) is 0 Å². The Morgan fingerprint density at radius 2 is 1.50 bits per heavy atom. The molecule has 32 heavy (non-hydrogen) atoms. The molecule has 0 radical (unpaired) electrons. The average molecular weight is 431 g/mol. The summed E-state index contributed by atoms with van der Waals surface area (Å²) in [4.78, 5) is 43.1. The third-order valence-corrected chi connectivity index (χ3v) is 4.81. The number of carbonyl (C=O) groups excluding carboxylic acids is 3. The molecule has 0 unspecified atom stereocenters. The maximum absolute atomic E-state index is 12.9. The third kappa shape index (κ3) is 4.32. The molecule has 2 amide bonds. The Hall–Kier alpha value is -4.13. The molecule has 0 saturated heterocycles. The van der Waals surface area contributed by atoms with Gasteiger partial charge >= 0.3 is 5.97 Å². The van der Waals surface area contributed by atoms with Crippen molar-refractivity contribution in [3.63, 3.8) is 0 Å². The second-order valence-corrected chi connectivity index (χ2v) is 7.11. The van der Waals surface area contributed by atoms with Gasteiger partial charge in [-0.25, -0.2) is 4.79 Å². The van der Waals surface area contributed by atoms with E-state index in [-0.39, 0.29) is 29.0 Å². The molecule has 1 aliphatic rings. The second kappa shape index (κ2) is 9.34. The smallest absolute Gasteiger partial charge is 0.367 e. The molecule has 0 fully saturated rings. The third-order valence-electron chi connectivity index (χ3n) is 4.81. The Morgan fingerprint density at radius 1 is 0.844 bits per heavy atom. The van der Waals surface area contributed by atoms with E-state index >= 15 is 0 Å². The van der Waals surface area contributed by atoms with Gasteiger partial charge in [0.25, 0.3) is 11.8 Å². The van der Waals surface area contributed by atoms with Gasteiger partial charge in [-0.1, -0.05) is 54.5 Å². The van der Waals surface area contributed by atoms with E-state index in [1.165, 1.54) is 18.2 Å². The van der Waals surface area contributed by atoms with E-state index in [9.17, 15) is 14.4 Å². The summed E-state index contributed by atoms with van der Waals surface area (Å²) in [6.07, 6.45) is 0.823. The molecule has 0 aromatic heterocycles. The lowest BCUT2D eigenvalue weighted by atomic mass is 10.1. The van der Waals surface area contributed by atoms with E-state index in [4.69, 9.17) is 14.3 Å². The Morgan fingerprint density at radius 3 is 2.16 bits per heavy atom. The number of hydrogen-bond donors (Lipinski definition) is 0. The fraction of sp³-hybridized carbons (Fsp3) is 0.160. The molecule has 1 aliphatic heterocycles. The van der Waals surface area contributed by atoms with Crippen LogP contribution < -0.4 is 9.47 Å². The molecule has 7 nitrogen and oxygen atoms in total. The van der Waals surface area contributed by atoms with Crippen LogP contribution in [0.2, 0.25) is 0 Å². The summed E-state index contributed by atoms with van der Waals surface area (Å²) >= 11 is 0. The van der Waals surface area contributed by atoms with Crippen LogP contribution in [0.15, 0.2) is 72.8 Å². The Labute approximate surface area is 185 Å². The van der Waals surface area contributed by atoms with Gasteiger partial charge in [-0.3, -0.25) is 9.59 Å². The van der Waals surface area contributed by atoms with Crippen LogP contribution in [-0.4, -0.2) is 29.5 Å². The number of hydroxylamine groups is 2. The summed E-state index contributed by atoms with van der Waals surface area (Å²) in [5.41, 5.74) is 1.36. The molecule has 3 aromatic rings. The minimum absolute atomic E-state index is 0.0707. The summed E-state index contributed by atoms with van der Waals surface area (Å²) in [6, 6.07) is 20.5. The maximum Gasteiger partial charge on any atom is 0.367 e. The molecule has 1 heterocycles. The highest BCUT2D eigenvalue weighted by molar-refractivity contribution is 6.21. The molecule has 0 bridgehead atoms. The molecule has 0 atom stereocenters. The van der Waals surface area contributed by atoms with E-state index in [1.807, 2.05) is 37.3 Å². The fourth-order valence-electron chi connectivity index (χ4n) is 3.22. The first kappa shape index (κ1) is 21.1. The minimum atomic E-state index is -0.885. The highest BCUT2D eigenvalue weighted by Crippen LogP contribution is 2.29. The first-order valence-electron chi connectivity index (χ1n) is 10.2. The predicted octanol–water partition coefficient (Wildman–Crippen LogP) is 4.42. The van der Waals surface area contributed by atoms with Crippen molar-refractivity contribution in [2.24, 2.45) is 0 Å². The molecule has 7 heteroatoms. The van der Waals surface area contributed by atoms with Crippen LogP contribution in [0.3, 0.4) is 0 Å². The maximum atomic E-state index is 12.9. The van der Waals surface area contributed by atoms with E-state index < -0.39 is 17.8 Å². The summed E-state index contributed by atoms with van der Waals surface area (Å²) in [5, 5.41) is 0.482. The summed E-state index contributed by atoms with van der Waals surface area (Å²) < 4.78 is 11.5. The fourth-order valence-corrected chi connectivity index (χ4v) is 3.22. The van der Waals surface area contributed by atoms with E-state index in [0.717, 1.165) is 12.0 Å². The lowest BCUT2D eigenvalue weighted by Gasteiger charge is -2.16. The Bertz CT molecular complexity index is 1120. The first-order valence-corrected chi connectivity index (χ1v) is 10.2. The molecular formula is C25H21NO6. The molecule has 3 aromatic carbocycles. The zero-order valence-electron chi connectivity index (χ0n) is 17.4. The summed E-state index contributed by atoms with van der Waals surface area (Å²) in [5.74, 6) is -1.50. The number of amides is 2. The normalized spacial score (nSPS) is 12.5. The molecule has 4 rings (SSSR count). The topological polar surface area (TPSA) is 82.1 Å². The standard InChI is InChI=1S/C25H21NO6/c1-2-14-30-18-12-13-21(22(15-18)31-16-17-8-4-3-5-9-17)25(29)32-26-23(27)19-10-6-7-11-20(19)24(26)28/h3-13,15H,2,14,16H2,1H3.